The average molecular weight is 450 g/mol. The van der Waals surface area contributed by atoms with Gasteiger partial charge in [0.25, 0.3) is 5.91 Å². The Morgan fingerprint density at radius 2 is 1.84 bits per heavy atom. The summed E-state index contributed by atoms with van der Waals surface area (Å²) in [4.78, 5) is 17.0. The number of benzene rings is 2. The van der Waals surface area contributed by atoms with E-state index in [-0.39, 0.29) is 18.0 Å². The molecule has 0 spiro atoms. The minimum absolute atomic E-state index is 0.139. The highest BCUT2D eigenvalue weighted by atomic mass is 32.1. The molecule has 0 aliphatic heterocycles. The lowest BCUT2D eigenvalue weighted by molar-refractivity contribution is 0.100. The van der Waals surface area contributed by atoms with E-state index in [1.165, 1.54) is 35.6 Å². The van der Waals surface area contributed by atoms with Crippen molar-refractivity contribution in [3.63, 3.8) is 0 Å². The van der Waals surface area contributed by atoms with E-state index in [1.54, 1.807) is 13.2 Å². The molecule has 0 radical (unpaired) electrons. The number of carbonyl (C=O) groups is 1. The summed E-state index contributed by atoms with van der Waals surface area (Å²) in [7, 11) is 1.57. The van der Waals surface area contributed by atoms with E-state index in [0.29, 0.717) is 38.5 Å². The van der Waals surface area contributed by atoms with Gasteiger partial charge in [-0.1, -0.05) is 29.5 Å². The predicted molar refractivity (Wildman–Crippen MR) is 119 cm³/mol. The smallest absolute Gasteiger partial charge is 0.251 e. The van der Waals surface area contributed by atoms with E-state index in [1.807, 2.05) is 31.2 Å². The van der Waals surface area contributed by atoms with Gasteiger partial charge in [0.05, 0.1) is 12.7 Å². The number of primary amides is 1. The van der Waals surface area contributed by atoms with Crippen LogP contribution in [0.1, 0.15) is 21.1 Å². The second-order valence-corrected chi connectivity index (χ2v) is 7.90. The van der Waals surface area contributed by atoms with Crippen molar-refractivity contribution in [2.75, 3.05) is 7.11 Å². The number of para-hydroxylation sites is 1. The molecule has 4 aromatic rings. The zero-order chi connectivity index (χ0) is 22.7. The number of halogens is 1. The summed E-state index contributed by atoms with van der Waals surface area (Å²) in [5.41, 5.74) is 8.37. The normalized spacial score (nSPS) is 10.7. The molecule has 4 rings (SSSR count). The number of nitrogens with zero attached hydrogens (tertiary/aromatic N) is 3. The third-order valence-electron chi connectivity index (χ3n) is 4.64. The van der Waals surface area contributed by atoms with Crippen LogP contribution in [0.5, 0.6) is 11.5 Å². The predicted octanol–water partition coefficient (Wildman–Crippen LogP) is 4.40. The molecule has 32 heavy (non-hydrogen) atoms. The first-order valence-electron chi connectivity index (χ1n) is 9.62. The van der Waals surface area contributed by atoms with Crippen molar-refractivity contribution >= 4 is 17.2 Å². The SMILES string of the molecule is COc1ccccc1-c1cc(C)nc(-c2nnc(COc3ccc(F)cc3)s2)c1C(N)=O. The van der Waals surface area contributed by atoms with Crippen LogP contribution in [0.2, 0.25) is 0 Å². The van der Waals surface area contributed by atoms with Crippen LogP contribution >= 0.6 is 11.3 Å². The number of hydrogen-bond donors (Lipinski definition) is 1. The van der Waals surface area contributed by atoms with Gasteiger partial charge < -0.3 is 15.2 Å². The number of nitrogens with two attached hydrogens (primary N) is 1. The van der Waals surface area contributed by atoms with Crippen LogP contribution in [0.25, 0.3) is 21.8 Å². The summed E-state index contributed by atoms with van der Waals surface area (Å²) in [5.74, 6) is 0.143. The Morgan fingerprint density at radius 1 is 1.09 bits per heavy atom. The highest BCUT2D eigenvalue weighted by Gasteiger charge is 2.23. The van der Waals surface area contributed by atoms with Crippen molar-refractivity contribution in [1.29, 1.82) is 0 Å². The maximum atomic E-state index is 13.1. The zero-order valence-corrected chi connectivity index (χ0v) is 18.1. The van der Waals surface area contributed by atoms with Gasteiger partial charge in [0, 0.05) is 16.8 Å². The average Bonchev–Trinajstić information content (AvgIpc) is 3.27. The van der Waals surface area contributed by atoms with E-state index >= 15 is 0 Å². The van der Waals surface area contributed by atoms with Crippen molar-refractivity contribution in [3.05, 3.63) is 76.7 Å². The maximum Gasteiger partial charge on any atom is 0.251 e. The third-order valence-corrected chi connectivity index (χ3v) is 5.54. The first kappa shape index (κ1) is 21.4. The lowest BCUT2D eigenvalue weighted by Crippen LogP contribution is -2.15. The van der Waals surface area contributed by atoms with Gasteiger partial charge in [0.1, 0.15) is 29.6 Å². The number of rotatable bonds is 7. The van der Waals surface area contributed by atoms with E-state index in [9.17, 15) is 9.18 Å². The summed E-state index contributed by atoms with van der Waals surface area (Å²) >= 11 is 1.24. The van der Waals surface area contributed by atoms with Crippen molar-refractivity contribution < 1.29 is 18.7 Å². The Bertz CT molecular complexity index is 1270. The molecule has 0 atom stereocenters. The quantitative estimate of drug-likeness (QED) is 0.448. The first-order chi connectivity index (χ1) is 15.5. The van der Waals surface area contributed by atoms with E-state index < -0.39 is 5.91 Å². The molecule has 1 amide bonds. The zero-order valence-electron chi connectivity index (χ0n) is 17.3. The standard InChI is InChI=1S/C23H19FN4O3S/c1-13-11-17(16-5-3-4-6-18(16)30-2)20(22(25)29)21(26-13)23-28-27-19(32-23)12-31-15-9-7-14(24)8-10-15/h3-11H,12H2,1-2H3,(H2,25,29). The van der Waals surface area contributed by atoms with Gasteiger partial charge in [0.15, 0.2) is 10.0 Å². The summed E-state index contributed by atoms with van der Waals surface area (Å²) < 4.78 is 24.2. The molecule has 7 nitrogen and oxygen atoms in total. The molecule has 0 aliphatic carbocycles. The van der Waals surface area contributed by atoms with Crippen LogP contribution < -0.4 is 15.2 Å². The highest BCUT2D eigenvalue weighted by molar-refractivity contribution is 7.14. The number of aryl methyl sites for hydroxylation is 1. The number of ether oxygens (including phenoxy) is 2. The van der Waals surface area contributed by atoms with E-state index in [2.05, 4.69) is 15.2 Å². The summed E-state index contributed by atoms with van der Waals surface area (Å²) in [6, 6.07) is 14.9. The van der Waals surface area contributed by atoms with Gasteiger partial charge >= 0.3 is 0 Å². The van der Waals surface area contributed by atoms with Gasteiger partial charge in [-0.25, -0.2) is 9.37 Å². The van der Waals surface area contributed by atoms with Crippen LogP contribution in [0.3, 0.4) is 0 Å². The molecule has 0 saturated heterocycles. The minimum Gasteiger partial charge on any atom is -0.496 e. The van der Waals surface area contributed by atoms with Crippen molar-refractivity contribution in [2.24, 2.45) is 5.73 Å². The van der Waals surface area contributed by atoms with Crippen molar-refractivity contribution in [1.82, 2.24) is 15.2 Å². The molecule has 9 heteroatoms. The van der Waals surface area contributed by atoms with Crippen molar-refractivity contribution in [3.8, 4) is 33.3 Å². The van der Waals surface area contributed by atoms with Gasteiger partial charge in [-0.3, -0.25) is 4.79 Å². The summed E-state index contributed by atoms with van der Waals surface area (Å²) in [5, 5.41) is 9.36. The van der Waals surface area contributed by atoms with E-state index in [0.717, 1.165) is 5.56 Å². The number of amides is 1. The minimum atomic E-state index is -0.632. The molecule has 0 aliphatic rings. The fourth-order valence-electron chi connectivity index (χ4n) is 3.24. The fraction of sp³-hybridized carbons (Fsp3) is 0.130. The van der Waals surface area contributed by atoms with E-state index in [4.69, 9.17) is 15.2 Å². The molecular weight excluding hydrogens is 431 g/mol. The second-order valence-electron chi connectivity index (χ2n) is 6.84. The molecule has 0 unspecified atom stereocenters. The Labute approximate surface area is 187 Å². The van der Waals surface area contributed by atoms with Gasteiger partial charge in [0.2, 0.25) is 0 Å². The van der Waals surface area contributed by atoms with Crippen LogP contribution in [-0.4, -0.2) is 28.2 Å². The number of hydrogen-bond acceptors (Lipinski definition) is 7. The lowest BCUT2D eigenvalue weighted by Gasteiger charge is -2.14. The largest absolute Gasteiger partial charge is 0.496 e. The van der Waals surface area contributed by atoms with Crippen LogP contribution in [0, 0.1) is 12.7 Å². The topological polar surface area (TPSA) is 100 Å². The Balaban J connectivity index is 1.72. The molecule has 0 bridgehead atoms. The van der Waals surface area contributed by atoms with Gasteiger partial charge in [-0.05, 0) is 43.3 Å². The number of aromatic nitrogens is 3. The van der Waals surface area contributed by atoms with Crippen LogP contribution in [0.4, 0.5) is 4.39 Å². The van der Waals surface area contributed by atoms with Gasteiger partial charge in [-0.2, -0.15) is 0 Å². The number of methoxy groups -OCH3 is 1. The molecule has 0 fully saturated rings. The highest BCUT2D eigenvalue weighted by Crippen LogP contribution is 2.37. The Hall–Kier alpha value is -3.85. The summed E-state index contributed by atoms with van der Waals surface area (Å²) in [6.07, 6.45) is 0. The molecule has 0 saturated carbocycles. The van der Waals surface area contributed by atoms with Crippen LogP contribution in [-0.2, 0) is 6.61 Å². The Kier molecular flexibility index (Phi) is 6.09. The molecule has 162 valence electrons. The molecule has 2 heterocycles. The molecular formula is C23H19FN4O3S. The Morgan fingerprint density at radius 3 is 2.56 bits per heavy atom. The monoisotopic (exact) mass is 450 g/mol. The first-order valence-corrected chi connectivity index (χ1v) is 10.4. The molecule has 2 aromatic heterocycles. The second kappa shape index (κ2) is 9.11. The number of carbonyl (C=O) groups excluding carboxylic acids is 1. The van der Waals surface area contributed by atoms with Crippen molar-refractivity contribution in [2.45, 2.75) is 13.5 Å². The summed E-state index contributed by atoms with van der Waals surface area (Å²) in [6.45, 7) is 1.97. The third kappa shape index (κ3) is 4.42. The lowest BCUT2D eigenvalue weighted by atomic mass is 9.96. The molecule has 2 N–H and O–H groups in total. The fourth-order valence-corrected chi connectivity index (χ4v) is 3.99. The maximum absolute atomic E-state index is 13.1. The molecule has 2 aromatic carbocycles. The van der Waals surface area contributed by atoms with Gasteiger partial charge in [-0.15, -0.1) is 10.2 Å². The number of pyridine rings is 1. The van der Waals surface area contributed by atoms with Crippen LogP contribution in [0.15, 0.2) is 54.6 Å².